The molecule has 0 aliphatic carbocycles. The Hall–Kier alpha value is -2.86. The topological polar surface area (TPSA) is 75.7 Å². The lowest BCUT2D eigenvalue weighted by molar-refractivity contribution is -0.117. The number of hydrogen-bond acceptors (Lipinski definition) is 4. The molecule has 6 nitrogen and oxygen atoms in total. The number of rotatable bonds is 6. The molecular formula is C20H21ClN2O4. The molecule has 0 atom stereocenters. The van der Waals surface area contributed by atoms with E-state index in [-0.39, 0.29) is 30.3 Å². The normalized spacial score (nSPS) is 10.2. The molecule has 2 aromatic rings. The Kier molecular flexibility index (Phi) is 6.96. The Morgan fingerprint density at radius 2 is 1.85 bits per heavy atom. The number of nitrogens with one attached hydrogen (secondary N) is 1. The van der Waals surface area contributed by atoms with Gasteiger partial charge in [0.1, 0.15) is 0 Å². The highest BCUT2D eigenvalue weighted by Crippen LogP contribution is 2.23. The zero-order valence-corrected chi connectivity index (χ0v) is 16.2. The number of ether oxygens (including phenoxy) is 1. The molecule has 0 bridgehead atoms. The Labute approximate surface area is 163 Å². The van der Waals surface area contributed by atoms with Crippen LogP contribution in [0.1, 0.15) is 29.3 Å². The molecule has 2 rings (SSSR count). The quantitative estimate of drug-likeness (QED) is 0.763. The van der Waals surface area contributed by atoms with E-state index in [0.29, 0.717) is 16.4 Å². The Bertz CT molecular complexity index is 867. The molecule has 0 saturated heterocycles. The smallest absolute Gasteiger partial charge is 0.339 e. The molecule has 2 aromatic carbocycles. The summed E-state index contributed by atoms with van der Waals surface area (Å²) < 4.78 is 4.76. The average Bonchev–Trinajstić information content (AvgIpc) is 2.64. The van der Waals surface area contributed by atoms with Crippen LogP contribution in [-0.4, -0.2) is 31.4 Å². The fourth-order valence-corrected chi connectivity index (χ4v) is 2.73. The van der Waals surface area contributed by atoms with E-state index in [1.807, 2.05) is 13.0 Å². The minimum Gasteiger partial charge on any atom is -0.465 e. The molecule has 1 N–H and O–H groups in total. The molecular weight excluding hydrogens is 368 g/mol. The highest BCUT2D eigenvalue weighted by Gasteiger charge is 2.20. The van der Waals surface area contributed by atoms with Crippen LogP contribution in [0.15, 0.2) is 42.5 Å². The minimum absolute atomic E-state index is 0.0561. The van der Waals surface area contributed by atoms with E-state index >= 15 is 0 Å². The second-order valence-electron chi connectivity index (χ2n) is 5.94. The number of carbonyl (C=O) groups excluding carboxylic acids is 3. The largest absolute Gasteiger partial charge is 0.465 e. The summed E-state index contributed by atoms with van der Waals surface area (Å²) in [4.78, 5) is 37.7. The van der Waals surface area contributed by atoms with Crippen LogP contribution in [-0.2, 0) is 14.3 Å². The highest BCUT2D eigenvalue weighted by atomic mass is 35.5. The summed E-state index contributed by atoms with van der Waals surface area (Å²) >= 11 is 6.06. The molecule has 0 aliphatic heterocycles. The van der Waals surface area contributed by atoms with Crippen molar-refractivity contribution in [1.29, 1.82) is 0 Å². The van der Waals surface area contributed by atoms with Gasteiger partial charge >= 0.3 is 5.97 Å². The highest BCUT2D eigenvalue weighted by molar-refractivity contribution is 6.31. The predicted molar refractivity (Wildman–Crippen MR) is 105 cm³/mol. The first-order chi connectivity index (χ1) is 12.8. The van der Waals surface area contributed by atoms with Gasteiger partial charge in [-0.15, -0.1) is 0 Å². The molecule has 0 aliphatic rings. The van der Waals surface area contributed by atoms with Crippen LogP contribution in [0.25, 0.3) is 0 Å². The van der Waals surface area contributed by atoms with Crippen LogP contribution in [0.2, 0.25) is 5.02 Å². The molecule has 7 heteroatoms. The Morgan fingerprint density at radius 3 is 2.48 bits per heavy atom. The lowest BCUT2D eigenvalue weighted by Gasteiger charge is -2.23. The van der Waals surface area contributed by atoms with Gasteiger partial charge in [0.25, 0.3) is 0 Å². The molecule has 0 fully saturated rings. The number of benzene rings is 2. The van der Waals surface area contributed by atoms with E-state index in [4.69, 9.17) is 16.3 Å². The van der Waals surface area contributed by atoms with Crippen LogP contribution in [0.5, 0.6) is 0 Å². The van der Waals surface area contributed by atoms with Gasteiger partial charge in [-0.25, -0.2) is 4.79 Å². The lowest BCUT2D eigenvalue weighted by Crippen LogP contribution is -2.33. The molecule has 0 aromatic heterocycles. The maximum absolute atomic E-state index is 12.3. The maximum Gasteiger partial charge on any atom is 0.339 e. The van der Waals surface area contributed by atoms with E-state index in [1.54, 1.807) is 36.4 Å². The molecule has 0 unspecified atom stereocenters. The minimum atomic E-state index is -0.546. The number of para-hydroxylation sites is 1. The summed E-state index contributed by atoms with van der Waals surface area (Å²) in [7, 11) is 1.28. The van der Waals surface area contributed by atoms with Gasteiger partial charge in [-0.05, 0) is 36.8 Å². The monoisotopic (exact) mass is 388 g/mol. The molecule has 2 amide bonds. The second kappa shape index (κ2) is 9.19. The summed E-state index contributed by atoms with van der Waals surface area (Å²) in [5.41, 5.74) is 2.17. The fraction of sp³-hybridized carbons (Fsp3) is 0.250. The van der Waals surface area contributed by atoms with Gasteiger partial charge in [-0.3, -0.25) is 9.59 Å². The van der Waals surface area contributed by atoms with E-state index in [9.17, 15) is 14.4 Å². The third-order valence-corrected chi connectivity index (χ3v) is 4.41. The van der Waals surface area contributed by atoms with Crippen molar-refractivity contribution < 1.29 is 19.1 Å². The van der Waals surface area contributed by atoms with E-state index in [0.717, 1.165) is 5.56 Å². The first-order valence-electron chi connectivity index (χ1n) is 8.35. The van der Waals surface area contributed by atoms with E-state index < -0.39 is 5.97 Å². The summed E-state index contributed by atoms with van der Waals surface area (Å²) in [6.45, 7) is 3.37. The van der Waals surface area contributed by atoms with E-state index in [1.165, 1.54) is 18.9 Å². The number of anilines is 2. The number of carbonyl (C=O) groups is 3. The van der Waals surface area contributed by atoms with Crippen molar-refractivity contribution in [2.45, 2.75) is 20.3 Å². The van der Waals surface area contributed by atoms with Crippen molar-refractivity contribution >= 4 is 40.8 Å². The Balaban J connectivity index is 2.11. The third-order valence-electron chi connectivity index (χ3n) is 4.00. The van der Waals surface area contributed by atoms with Crippen molar-refractivity contribution in [2.75, 3.05) is 23.9 Å². The number of hydrogen-bond donors (Lipinski definition) is 1. The van der Waals surface area contributed by atoms with Crippen molar-refractivity contribution in [2.24, 2.45) is 0 Å². The summed E-state index contributed by atoms with van der Waals surface area (Å²) in [5.74, 6) is -1.09. The number of halogens is 1. The Morgan fingerprint density at radius 1 is 1.15 bits per heavy atom. The first-order valence-corrected chi connectivity index (χ1v) is 8.72. The predicted octanol–water partition coefficient (Wildman–Crippen LogP) is 3.82. The standard InChI is InChI=1S/C20H21ClN2O4/c1-13-8-9-15(12-17(13)21)22-19(25)10-11-23(14(2)24)18-7-5-4-6-16(18)20(26)27-3/h4-9,12H,10-11H2,1-3H3,(H,22,25). The van der Waals surface area contributed by atoms with Gasteiger partial charge in [-0.2, -0.15) is 0 Å². The number of aryl methyl sites for hydroxylation is 1. The fourth-order valence-electron chi connectivity index (χ4n) is 2.55. The number of amides is 2. The number of nitrogens with zero attached hydrogens (tertiary/aromatic N) is 1. The summed E-state index contributed by atoms with van der Waals surface area (Å²) in [6.07, 6.45) is 0.0561. The first kappa shape index (κ1) is 20.5. The lowest BCUT2D eigenvalue weighted by atomic mass is 10.1. The SMILES string of the molecule is COC(=O)c1ccccc1N(CCC(=O)Nc1ccc(C)c(Cl)c1)C(C)=O. The maximum atomic E-state index is 12.3. The van der Waals surface area contributed by atoms with Gasteiger partial charge in [0.15, 0.2) is 0 Å². The number of esters is 1. The molecule has 0 radical (unpaired) electrons. The van der Waals surface area contributed by atoms with Gasteiger partial charge in [0, 0.05) is 30.6 Å². The molecule has 0 saturated carbocycles. The summed E-state index contributed by atoms with van der Waals surface area (Å²) in [6, 6.07) is 11.9. The molecule has 0 spiro atoms. The van der Waals surface area contributed by atoms with Gasteiger partial charge < -0.3 is 15.0 Å². The molecule has 142 valence electrons. The zero-order valence-electron chi connectivity index (χ0n) is 15.4. The second-order valence-corrected chi connectivity index (χ2v) is 6.35. The third kappa shape index (κ3) is 5.31. The van der Waals surface area contributed by atoms with Gasteiger partial charge in [-0.1, -0.05) is 29.8 Å². The van der Waals surface area contributed by atoms with Crippen molar-refractivity contribution in [1.82, 2.24) is 0 Å². The zero-order chi connectivity index (χ0) is 20.0. The summed E-state index contributed by atoms with van der Waals surface area (Å²) in [5, 5.41) is 3.31. The van der Waals surface area contributed by atoms with Crippen LogP contribution >= 0.6 is 11.6 Å². The van der Waals surface area contributed by atoms with Crippen LogP contribution < -0.4 is 10.2 Å². The average molecular weight is 389 g/mol. The van der Waals surface area contributed by atoms with Crippen LogP contribution in [0.4, 0.5) is 11.4 Å². The van der Waals surface area contributed by atoms with Crippen LogP contribution in [0.3, 0.4) is 0 Å². The van der Waals surface area contributed by atoms with Gasteiger partial charge in [0.05, 0.1) is 18.4 Å². The van der Waals surface area contributed by atoms with E-state index in [2.05, 4.69) is 5.32 Å². The van der Waals surface area contributed by atoms with Gasteiger partial charge in [0.2, 0.25) is 11.8 Å². The van der Waals surface area contributed by atoms with Crippen molar-refractivity contribution in [3.8, 4) is 0 Å². The molecule has 27 heavy (non-hydrogen) atoms. The van der Waals surface area contributed by atoms with Crippen molar-refractivity contribution in [3.05, 3.63) is 58.6 Å². The van der Waals surface area contributed by atoms with Crippen molar-refractivity contribution in [3.63, 3.8) is 0 Å². The molecule has 0 heterocycles. The number of methoxy groups -OCH3 is 1. The van der Waals surface area contributed by atoms with Crippen LogP contribution in [0, 0.1) is 6.92 Å².